The Balaban J connectivity index is 2.22. The van der Waals surface area contributed by atoms with Crippen LogP contribution in [-0.2, 0) is 4.79 Å². The Labute approximate surface area is 104 Å². The van der Waals surface area contributed by atoms with E-state index in [0.29, 0.717) is 11.8 Å². The van der Waals surface area contributed by atoms with E-state index in [1.807, 2.05) is 0 Å². The lowest BCUT2D eigenvalue weighted by Gasteiger charge is -2.22. The maximum absolute atomic E-state index is 11.9. The zero-order valence-corrected chi connectivity index (χ0v) is 11.1. The minimum absolute atomic E-state index is 0.271. The molecule has 1 aliphatic rings. The summed E-state index contributed by atoms with van der Waals surface area (Å²) in [6.07, 6.45) is 8.00. The predicted molar refractivity (Wildman–Crippen MR) is 68.7 cm³/mol. The van der Waals surface area contributed by atoms with Crippen LogP contribution in [0.5, 0.6) is 0 Å². The third-order valence-corrected chi connectivity index (χ3v) is 3.85. The largest absolute Gasteiger partial charge is 0.356 e. The summed E-state index contributed by atoms with van der Waals surface area (Å²) in [7, 11) is 0. The SMILES string of the molecule is CCC(CCCl)CNC(=O)C1CCCCC1. The molecular formula is C13H24ClNO. The molecule has 1 atom stereocenters. The van der Waals surface area contributed by atoms with Gasteiger partial charge in [-0.1, -0.05) is 32.6 Å². The molecule has 1 fully saturated rings. The molecule has 1 N–H and O–H groups in total. The van der Waals surface area contributed by atoms with Crippen LogP contribution in [0.3, 0.4) is 0 Å². The highest BCUT2D eigenvalue weighted by molar-refractivity contribution is 6.17. The van der Waals surface area contributed by atoms with Crippen molar-refractivity contribution in [2.24, 2.45) is 11.8 Å². The van der Waals surface area contributed by atoms with E-state index in [0.717, 1.165) is 32.2 Å². The molecule has 0 heterocycles. The molecule has 0 radical (unpaired) electrons. The van der Waals surface area contributed by atoms with Crippen LogP contribution in [0.1, 0.15) is 51.9 Å². The Morgan fingerprint density at radius 1 is 1.38 bits per heavy atom. The fraction of sp³-hybridized carbons (Fsp3) is 0.923. The van der Waals surface area contributed by atoms with Crippen LogP contribution in [0.4, 0.5) is 0 Å². The maximum Gasteiger partial charge on any atom is 0.223 e. The summed E-state index contributed by atoms with van der Waals surface area (Å²) in [5.74, 6) is 1.79. The molecule has 1 aliphatic carbocycles. The highest BCUT2D eigenvalue weighted by atomic mass is 35.5. The van der Waals surface area contributed by atoms with Crippen LogP contribution >= 0.6 is 11.6 Å². The Morgan fingerprint density at radius 3 is 2.62 bits per heavy atom. The molecule has 94 valence electrons. The van der Waals surface area contributed by atoms with Gasteiger partial charge in [-0.2, -0.15) is 0 Å². The molecule has 1 saturated carbocycles. The topological polar surface area (TPSA) is 29.1 Å². The van der Waals surface area contributed by atoms with Crippen LogP contribution < -0.4 is 5.32 Å². The number of halogens is 1. The van der Waals surface area contributed by atoms with Gasteiger partial charge >= 0.3 is 0 Å². The molecule has 16 heavy (non-hydrogen) atoms. The van der Waals surface area contributed by atoms with Crippen molar-refractivity contribution in [3.05, 3.63) is 0 Å². The monoisotopic (exact) mass is 245 g/mol. The van der Waals surface area contributed by atoms with Gasteiger partial charge in [0.05, 0.1) is 0 Å². The molecule has 0 aromatic rings. The van der Waals surface area contributed by atoms with E-state index in [4.69, 9.17) is 11.6 Å². The van der Waals surface area contributed by atoms with Crippen molar-refractivity contribution in [3.63, 3.8) is 0 Å². The van der Waals surface area contributed by atoms with Crippen LogP contribution in [0, 0.1) is 11.8 Å². The highest BCUT2D eigenvalue weighted by Gasteiger charge is 2.21. The van der Waals surface area contributed by atoms with E-state index < -0.39 is 0 Å². The average molecular weight is 246 g/mol. The van der Waals surface area contributed by atoms with Gasteiger partial charge in [0.2, 0.25) is 5.91 Å². The van der Waals surface area contributed by atoms with Crippen LogP contribution in [0.2, 0.25) is 0 Å². The first kappa shape index (κ1) is 13.8. The highest BCUT2D eigenvalue weighted by Crippen LogP contribution is 2.23. The zero-order valence-electron chi connectivity index (χ0n) is 10.3. The van der Waals surface area contributed by atoms with E-state index in [2.05, 4.69) is 12.2 Å². The lowest BCUT2D eigenvalue weighted by Crippen LogP contribution is -2.35. The van der Waals surface area contributed by atoms with Crippen LogP contribution in [0.25, 0.3) is 0 Å². The standard InChI is InChI=1S/C13H24ClNO/c1-2-11(8-9-14)10-15-13(16)12-6-4-3-5-7-12/h11-12H,2-10H2,1H3,(H,15,16). The molecule has 1 unspecified atom stereocenters. The smallest absolute Gasteiger partial charge is 0.223 e. The quantitative estimate of drug-likeness (QED) is 0.715. The fourth-order valence-electron chi connectivity index (χ4n) is 2.36. The first-order chi connectivity index (χ1) is 7.77. The second kappa shape index (κ2) is 7.94. The van der Waals surface area contributed by atoms with E-state index >= 15 is 0 Å². The fourth-order valence-corrected chi connectivity index (χ4v) is 2.67. The van der Waals surface area contributed by atoms with Gasteiger partial charge in [-0.05, 0) is 25.2 Å². The molecule has 0 aliphatic heterocycles. The summed E-state index contributed by atoms with van der Waals surface area (Å²) in [6.45, 7) is 2.96. The first-order valence-corrected chi connectivity index (χ1v) is 7.15. The summed E-state index contributed by atoms with van der Waals surface area (Å²) in [5, 5.41) is 3.09. The number of rotatable bonds is 6. The minimum atomic E-state index is 0.271. The molecular weight excluding hydrogens is 222 g/mol. The van der Waals surface area contributed by atoms with Crippen LogP contribution in [-0.4, -0.2) is 18.3 Å². The van der Waals surface area contributed by atoms with Gasteiger partial charge in [0.1, 0.15) is 0 Å². The van der Waals surface area contributed by atoms with E-state index in [9.17, 15) is 4.79 Å². The summed E-state index contributed by atoms with van der Waals surface area (Å²) in [6, 6.07) is 0. The lowest BCUT2D eigenvalue weighted by molar-refractivity contribution is -0.126. The van der Waals surface area contributed by atoms with Crippen molar-refractivity contribution in [3.8, 4) is 0 Å². The Morgan fingerprint density at radius 2 is 2.06 bits per heavy atom. The summed E-state index contributed by atoms with van der Waals surface area (Å²) < 4.78 is 0. The number of nitrogens with one attached hydrogen (secondary N) is 1. The number of amides is 1. The van der Waals surface area contributed by atoms with E-state index in [1.165, 1.54) is 19.3 Å². The normalized spacial score (nSPS) is 19.4. The van der Waals surface area contributed by atoms with E-state index in [1.54, 1.807) is 0 Å². The Bertz CT molecular complexity index is 202. The van der Waals surface area contributed by atoms with Gasteiger partial charge in [0, 0.05) is 18.3 Å². The van der Waals surface area contributed by atoms with Gasteiger partial charge in [-0.25, -0.2) is 0 Å². The number of carbonyl (C=O) groups excluding carboxylic acids is 1. The van der Waals surface area contributed by atoms with Crippen molar-refractivity contribution < 1.29 is 4.79 Å². The van der Waals surface area contributed by atoms with E-state index in [-0.39, 0.29) is 11.8 Å². The molecule has 1 rings (SSSR count). The van der Waals surface area contributed by atoms with Gasteiger partial charge < -0.3 is 5.32 Å². The lowest BCUT2D eigenvalue weighted by atomic mass is 9.88. The summed E-state index contributed by atoms with van der Waals surface area (Å²) in [4.78, 5) is 11.9. The number of alkyl halides is 1. The minimum Gasteiger partial charge on any atom is -0.356 e. The van der Waals surface area contributed by atoms with Gasteiger partial charge in [-0.15, -0.1) is 11.6 Å². The molecule has 0 aromatic carbocycles. The van der Waals surface area contributed by atoms with Crippen LogP contribution in [0.15, 0.2) is 0 Å². The Hall–Kier alpha value is -0.240. The average Bonchev–Trinajstić information content (AvgIpc) is 2.35. The van der Waals surface area contributed by atoms with Crippen molar-refractivity contribution >= 4 is 17.5 Å². The number of hydrogen-bond donors (Lipinski definition) is 1. The molecule has 2 nitrogen and oxygen atoms in total. The van der Waals surface area contributed by atoms with Crippen molar-refractivity contribution in [2.45, 2.75) is 51.9 Å². The second-order valence-corrected chi connectivity index (χ2v) is 5.21. The van der Waals surface area contributed by atoms with Gasteiger partial charge in [0.15, 0.2) is 0 Å². The predicted octanol–water partition coefficient (Wildman–Crippen LogP) is 3.34. The summed E-state index contributed by atoms with van der Waals surface area (Å²) in [5.41, 5.74) is 0. The summed E-state index contributed by atoms with van der Waals surface area (Å²) >= 11 is 5.73. The second-order valence-electron chi connectivity index (χ2n) is 4.83. The third-order valence-electron chi connectivity index (χ3n) is 3.64. The van der Waals surface area contributed by atoms with Crippen molar-refractivity contribution in [2.75, 3.05) is 12.4 Å². The number of hydrogen-bond acceptors (Lipinski definition) is 1. The van der Waals surface area contributed by atoms with Gasteiger partial charge in [0.25, 0.3) is 0 Å². The zero-order chi connectivity index (χ0) is 11.8. The first-order valence-electron chi connectivity index (χ1n) is 6.61. The molecule has 1 amide bonds. The Kier molecular flexibility index (Phi) is 6.86. The van der Waals surface area contributed by atoms with Crippen molar-refractivity contribution in [1.29, 1.82) is 0 Å². The molecule has 3 heteroatoms. The van der Waals surface area contributed by atoms with Gasteiger partial charge in [-0.3, -0.25) is 4.79 Å². The third kappa shape index (κ3) is 4.73. The molecule has 0 aromatic heterocycles. The number of carbonyl (C=O) groups is 1. The molecule has 0 saturated heterocycles. The molecule has 0 spiro atoms. The maximum atomic E-state index is 11.9. The molecule has 0 bridgehead atoms. The van der Waals surface area contributed by atoms with Crippen molar-refractivity contribution in [1.82, 2.24) is 5.32 Å².